The van der Waals surface area contributed by atoms with Crippen molar-refractivity contribution >= 4 is 0 Å². The number of pyridine rings is 1. The molecule has 1 N–H and O–H groups in total. The van der Waals surface area contributed by atoms with Gasteiger partial charge in [-0.3, -0.25) is 9.67 Å². The Labute approximate surface area is 125 Å². The number of aromatic nitrogens is 3. The number of nitrogens with zero attached hydrogens (tertiary/aromatic N) is 3. The van der Waals surface area contributed by atoms with Gasteiger partial charge in [-0.05, 0) is 38.1 Å². The predicted molar refractivity (Wildman–Crippen MR) is 81.5 cm³/mol. The second-order valence-corrected chi connectivity index (χ2v) is 5.20. The highest BCUT2D eigenvalue weighted by molar-refractivity contribution is 5.13. The standard InChI is InChI=1S/C16H23FN4/c1-4-14(5-2)21-9-8-13(20-21)10-16(18-3)15-7-6-12(17)11-19-15/h6-9,11,14,16,18H,4-5,10H2,1-3H3. The molecule has 0 aliphatic heterocycles. The van der Waals surface area contributed by atoms with Gasteiger partial charge in [0.15, 0.2) is 0 Å². The monoisotopic (exact) mass is 290 g/mol. The van der Waals surface area contributed by atoms with Crippen LogP contribution in [0.25, 0.3) is 0 Å². The first-order chi connectivity index (χ1) is 10.2. The Morgan fingerprint density at radius 1 is 1.24 bits per heavy atom. The maximum Gasteiger partial charge on any atom is 0.141 e. The van der Waals surface area contributed by atoms with Crippen molar-refractivity contribution in [1.29, 1.82) is 0 Å². The fourth-order valence-corrected chi connectivity index (χ4v) is 2.51. The van der Waals surface area contributed by atoms with E-state index in [9.17, 15) is 4.39 Å². The third kappa shape index (κ3) is 3.88. The first-order valence-electron chi connectivity index (χ1n) is 7.50. The molecule has 2 heterocycles. The molecule has 0 radical (unpaired) electrons. The number of halogens is 1. The second kappa shape index (κ2) is 7.31. The minimum absolute atomic E-state index is 0.0376. The first-order valence-corrected chi connectivity index (χ1v) is 7.50. The Balaban J connectivity index is 2.10. The van der Waals surface area contributed by atoms with Crippen LogP contribution >= 0.6 is 0 Å². The fourth-order valence-electron chi connectivity index (χ4n) is 2.51. The van der Waals surface area contributed by atoms with Gasteiger partial charge in [-0.15, -0.1) is 0 Å². The van der Waals surface area contributed by atoms with E-state index < -0.39 is 0 Å². The van der Waals surface area contributed by atoms with Gasteiger partial charge in [-0.1, -0.05) is 13.8 Å². The number of hydrogen-bond acceptors (Lipinski definition) is 3. The minimum Gasteiger partial charge on any atom is -0.311 e. The Morgan fingerprint density at radius 3 is 2.57 bits per heavy atom. The SMILES string of the molecule is CCC(CC)n1ccc(CC(NC)c2ccc(F)cn2)n1. The van der Waals surface area contributed by atoms with Gasteiger partial charge in [0.1, 0.15) is 5.82 Å². The maximum atomic E-state index is 13.0. The normalized spacial score (nSPS) is 12.8. The van der Waals surface area contributed by atoms with Crippen LogP contribution in [-0.4, -0.2) is 21.8 Å². The summed E-state index contributed by atoms with van der Waals surface area (Å²) in [4.78, 5) is 4.15. The summed E-state index contributed by atoms with van der Waals surface area (Å²) >= 11 is 0. The molecule has 1 unspecified atom stereocenters. The average Bonchev–Trinajstić information content (AvgIpc) is 2.96. The lowest BCUT2D eigenvalue weighted by Crippen LogP contribution is -2.20. The number of nitrogens with one attached hydrogen (secondary N) is 1. The van der Waals surface area contributed by atoms with Crippen molar-refractivity contribution < 1.29 is 4.39 Å². The number of likely N-dealkylation sites (N-methyl/N-ethyl adjacent to an activating group) is 1. The molecule has 21 heavy (non-hydrogen) atoms. The summed E-state index contributed by atoms with van der Waals surface area (Å²) in [5, 5.41) is 7.88. The summed E-state index contributed by atoms with van der Waals surface area (Å²) in [6.07, 6.45) is 6.18. The Kier molecular flexibility index (Phi) is 5.44. The lowest BCUT2D eigenvalue weighted by atomic mass is 10.1. The molecule has 0 saturated heterocycles. The number of rotatable bonds is 7. The molecule has 0 spiro atoms. The fraction of sp³-hybridized carbons (Fsp3) is 0.500. The maximum absolute atomic E-state index is 13.0. The zero-order chi connectivity index (χ0) is 15.2. The molecule has 0 bridgehead atoms. The van der Waals surface area contributed by atoms with Crippen LogP contribution in [0.4, 0.5) is 4.39 Å². The molecule has 5 heteroatoms. The molecular formula is C16H23FN4. The van der Waals surface area contributed by atoms with Crippen molar-refractivity contribution in [2.45, 2.75) is 45.2 Å². The molecule has 0 aliphatic carbocycles. The lowest BCUT2D eigenvalue weighted by Gasteiger charge is -2.15. The second-order valence-electron chi connectivity index (χ2n) is 5.20. The van der Waals surface area contributed by atoms with Crippen LogP contribution in [0, 0.1) is 5.82 Å². The third-order valence-corrected chi connectivity index (χ3v) is 3.85. The quantitative estimate of drug-likeness (QED) is 0.851. The van der Waals surface area contributed by atoms with E-state index in [1.807, 2.05) is 24.0 Å². The van der Waals surface area contributed by atoms with Crippen LogP contribution in [0.1, 0.15) is 50.2 Å². The predicted octanol–water partition coefficient (Wildman–Crippen LogP) is 3.28. The molecule has 0 amide bonds. The Hall–Kier alpha value is -1.75. The van der Waals surface area contributed by atoms with E-state index in [2.05, 4.69) is 29.2 Å². The Bertz CT molecular complexity index is 546. The van der Waals surface area contributed by atoms with Crippen LogP contribution in [0.3, 0.4) is 0 Å². The lowest BCUT2D eigenvalue weighted by molar-refractivity contribution is 0.423. The van der Waals surface area contributed by atoms with E-state index in [4.69, 9.17) is 0 Å². The number of hydrogen-bond donors (Lipinski definition) is 1. The van der Waals surface area contributed by atoms with Crippen LogP contribution in [0.5, 0.6) is 0 Å². The van der Waals surface area contributed by atoms with E-state index in [1.165, 1.54) is 12.3 Å². The molecule has 2 rings (SSSR count). The topological polar surface area (TPSA) is 42.7 Å². The highest BCUT2D eigenvalue weighted by atomic mass is 19.1. The molecule has 0 saturated carbocycles. The van der Waals surface area contributed by atoms with Crippen molar-refractivity contribution in [3.63, 3.8) is 0 Å². The van der Waals surface area contributed by atoms with E-state index >= 15 is 0 Å². The van der Waals surface area contributed by atoms with E-state index in [1.54, 1.807) is 6.07 Å². The van der Waals surface area contributed by atoms with Gasteiger partial charge in [0, 0.05) is 12.6 Å². The summed E-state index contributed by atoms with van der Waals surface area (Å²) in [6.45, 7) is 4.35. The Morgan fingerprint density at radius 2 is 2.00 bits per heavy atom. The van der Waals surface area contributed by atoms with Crippen molar-refractivity contribution in [2.75, 3.05) is 7.05 Å². The van der Waals surface area contributed by atoms with Crippen LogP contribution in [0.2, 0.25) is 0 Å². The summed E-state index contributed by atoms with van der Waals surface area (Å²) in [6, 6.07) is 5.70. The van der Waals surface area contributed by atoms with E-state index in [0.29, 0.717) is 6.04 Å². The highest BCUT2D eigenvalue weighted by Crippen LogP contribution is 2.18. The van der Waals surface area contributed by atoms with Crippen LogP contribution in [-0.2, 0) is 6.42 Å². The largest absolute Gasteiger partial charge is 0.311 e. The zero-order valence-corrected chi connectivity index (χ0v) is 12.9. The highest BCUT2D eigenvalue weighted by Gasteiger charge is 2.15. The molecule has 0 aliphatic rings. The minimum atomic E-state index is -0.313. The van der Waals surface area contributed by atoms with Crippen molar-refractivity contribution in [1.82, 2.24) is 20.1 Å². The van der Waals surface area contributed by atoms with E-state index in [-0.39, 0.29) is 11.9 Å². The van der Waals surface area contributed by atoms with Crippen LogP contribution < -0.4 is 5.32 Å². The van der Waals surface area contributed by atoms with Crippen molar-refractivity contribution in [2.24, 2.45) is 0 Å². The molecule has 1 atom stereocenters. The van der Waals surface area contributed by atoms with Crippen molar-refractivity contribution in [3.05, 3.63) is 47.8 Å². The average molecular weight is 290 g/mol. The van der Waals surface area contributed by atoms with Gasteiger partial charge in [0.05, 0.1) is 29.7 Å². The summed E-state index contributed by atoms with van der Waals surface area (Å²) in [7, 11) is 1.88. The first kappa shape index (κ1) is 15.6. The van der Waals surface area contributed by atoms with Gasteiger partial charge >= 0.3 is 0 Å². The van der Waals surface area contributed by atoms with E-state index in [0.717, 1.165) is 30.7 Å². The third-order valence-electron chi connectivity index (χ3n) is 3.85. The summed E-state index contributed by atoms with van der Waals surface area (Å²) in [5.41, 5.74) is 1.85. The van der Waals surface area contributed by atoms with Gasteiger partial charge in [0.2, 0.25) is 0 Å². The van der Waals surface area contributed by atoms with Gasteiger partial charge < -0.3 is 5.32 Å². The smallest absolute Gasteiger partial charge is 0.141 e. The molecular weight excluding hydrogens is 267 g/mol. The molecule has 2 aromatic rings. The van der Waals surface area contributed by atoms with Crippen LogP contribution in [0.15, 0.2) is 30.6 Å². The van der Waals surface area contributed by atoms with Crippen molar-refractivity contribution in [3.8, 4) is 0 Å². The van der Waals surface area contributed by atoms with Gasteiger partial charge in [-0.25, -0.2) is 4.39 Å². The summed E-state index contributed by atoms with van der Waals surface area (Å²) < 4.78 is 15.0. The molecule has 2 aromatic heterocycles. The molecule has 0 fully saturated rings. The molecule has 0 aromatic carbocycles. The van der Waals surface area contributed by atoms with Gasteiger partial charge in [-0.2, -0.15) is 5.10 Å². The molecule has 114 valence electrons. The van der Waals surface area contributed by atoms with Gasteiger partial charge in [0.25, 0.3) is 0 Å². The zero-order valence-electron chi connectivity index (χ0n) is 12.9. The summed E-state index contributed by atoms with van der Waals surface area (Å²) in [5.74, 6) is -0.313. The molecule has 4 nitrogen and oxygen atoms in total.